The van der Waals surface area contributed by atoms with E-state index in [1.807, 2.05) is 30.3 Å². The first-order chi connectivity index (χ1) is 14.5. The lowest BCUT2D eigenvalue weighted by molar-refractivity contribution is -0.139. The minimum atomic E-state index is -0.708. The lowest BCUT2D eigenvalue weighted by Crippen LogP contribution is -2.21. The second-order valence-electron chi connectivity index (χ2n) is 8.75. The first-order valence-corrected chi connectivity index (χ1v) is 12.0. The number of benzene rings is 1. The molecule has 1 aromatic rings. The first kappa shape index (κ1) is 26.2. The van der Waals surface area contributed by atoms with Crippen molar-refractivity contribution in [3.05, 3.63) is 35.9 Å². The van der Waals surface area contributed by atoms with E-state index in [2.05, 4.69) is 13.8 Å². The normalized spacial score (nSPS) is 16.2. The van der Waals surface area contributed by atoms with Gasteiger partial charge in [0.15, 0.2) is 0 Å². The molecule has 2 unspecified atom stereocenters. The maximum atomic E-state index is 10.8. The van der Waals surface area contributed by atoms with Gasteiger partial charge in [-0.25, -0.2) is 0 Å². The lowest BCUT2D eigenvalue weighted by Gasteiger charge is -2.29. The van der Waals surface area contributed by atoms with Crippen LogP contribution in [0, 0.1) is 11.8 Å². The number of carboxylic acid groups (broad SMARTS) is 2. The van der Waals surface area contributed by atoms with E-state index in [0.29, 0.717) is 18.3 Å². The van der Waals surface area contributed by atoms with Crippen LogP contribution in [0.25, 0.3) is 0 Å². The van der Waals surface area contributed by atoms with Crippen LogP contribution < -0.4 is 0 Å². The van der Waals surface area contributed by atoms with Gasteiger partial charge in [0.1, 0.15) is 0 Å². The average Bonchev–Trinajstić information content (AvgIpc) is 2.75. The molecule has 2 N–H and O–H groups in total. The molecule has 0 amide bonds. The molecule has 4 nitrogen and oxygen atoms in total. The number of unbranched alkanes of at least 4 members (excludes halogenated alkanes) is 2. The van der Waals surface area contributed by atoms with Gasteiger partial charge in [0.25, 0.3) is 0 Å². The molecular weight excluding hydrogens is 376 g/mol. The Bertz CT molecular complexity index is 578. The van der Waals surface area contributed by atoms with Gasteiger partial charge in [-0.15, -0.1) is 0 Å². The van der Waals surface area contributed by atoms with E-state index in [1.165, 1.54) is 44.9 Å². The van der Waals surface area contributed by atoms with E-state index in [1.54, 1.807) is 0 Å². The summed E-state index contributed by atoms with van der Waals surface area (Å²) in [5, 5.41) is 17.8. The number of carboxylic acids is 2. The fourth-order valence-corrected chi connectivity index (χ4v) is 4.57. The Morgan fingerprint density at radius 2 is 1.43 bits per heavy atom. The molecule has 2 atom stereocenters. The summed E-state index contributed by atoms with van der Waals surface area (Å²) < 4.78 is 0. The fraction of sp³-hybridized carbons (Fsp3) is 0.692. The molecule has 0 bridgehead atoms. The summed E-state index contributed by atoms with van der Waals surface area (Å²) in [5.74, 6) is -0.00515. The summed E-state index contributed by atoms with van der Waals surface area (Å²) in [6.45, 7) is 4.31. The molecule has 30 heavy (non-hydrogen) atoms. The van der Waals surface area contributed by atoms with Crippen LogP contribution in [-0.2, 0) is 9.59 Å². The van der Waals surface area contributed by atoms with Crippen molar-refractivity contribution in [1.82, 2.24) is 0 Å². The molecule has 0 saturated heterocycles. The minimum Gasteiger partial charge on any atom is -0.481 e. The highest BCUT2D eigenvalue weighted by Gasteiger charge is 2.25. The van der Waals surface area contributed by atoms with E-state index in [0.717, 1.165) is 31.2 Å². The van der Waals surface area contributed by atoms with E-state index < -0.39 is 11.9 Å². The Morgan fingerprint density at radius 3 is 1.97 bits per heavy atom. The van der Waals surface area contributed by atoms with E-state index in [9.17, 15) is 9.59 Å². The third-order valence-electron chi connectivity index (χ3n) is 6.28. The Morgan fingerprint density at radius 1 is 0.867 bits per heavy atom. The highest BCUT2D eigenvalue weighted by molar-refractivity contribution is 5.68. The van der Waals surface area contributed by atoms with Crippen molar-refractivity contribution in [2.24, 2.45) is 11.8 Å². The number of aliphatic carboxylic acids is 2. The van der Waals surface area contributed by atoms with E-state index in [-0.39, 0.29) is 12.3 Å². The van der Waals surface area contributed by atoms with Crippen molar-refractivity contribution in [1.29, 1.82) is 0 Å². The smallest absolute Gasteiger partial charge is 0.303 e. The van der Waals surface area contributed by atoms with Crippen molar-refractivity contribution < 1.29 is 19.8 Å². The Labute approximate surface area is 183 Å². The van der Waals surface area contributed by atoms with Crippen LogP contribution in [0.3, 0.4) is 0 Å². The lowest BCUT2D eigenvalue weighted by atomic mass is 9.76. The topological polar surface area (TPSA) is 74.6 Å². The van der Waals surface area contributed by atoms with Crippen LogP contribution >= 0.6 is 0 Å². The average molecular weight is 419 g/mol. The van der Waals surface area contributed by atoms with Gasteiger partial charge in [0, 0.05) is 6.42 Å². The standard InChI is InChI=1S/C13H24O2.C13H18O2/c2*1-2-3-7-12(10-13(14)15)11-8-5-4-6-9-11/h11-12H,2-10H2,1H3,(H,14,15);4-6,8-9,12H,2-3,7,10H2,1H3,(H,14,15). The molecule has 0 aliphatic heterocycles. The third-order valence-corrected chi connectivity index (χ3v) is 6.28. The zero-order valence-corrected chi connectivity index (χ0v) is 19.0. The SMILES string of the molecule is CCCCC(CC(=O)O)C1CCCCC1.CCCCC(CC(=O)O)c1ccccc1. The van der Waals surface area contributed by atoms with Gasteiger partial charge in [-0.2, -0.15) is 0 Å². The van der Waals surface area contributed by atoms with Crippen LogP contribution in [0.15, 0.2) is 30.3 Å². The van der Waals surface area contributed by atoms with Crippen molar-refractivity contribution in [3.8, 4) is 0 Å². The van der Waals surface area contributed by atoms with Gasteiger partial charge in [-0.3, -0.25) is 9.59 Å². The van der Waals surface area contributed by atoms with Crippen LogP contribution in [0.5, 0.6) is 0 Å². The predicted octanol–water partition coefficient (Wildman–Crippen LogP) is 7.28. The second kappa shape index (κ2) is 15.9. The number of hydrogen-bond acceptors (Lipinski definition) is 2. The molecule has 1 aromatic carbocycles. The quantitative estimate of drug-likeness (QED) is 0.374. The zero-order valence-electron chi connectivity index (χ0n) is 19.0. The molecule has 4 heteroatoms. The Hall–Kier alpha value is -1.84. The minimum absolute atomic E-state index is 0.170. The highest BCUT2D eigenvalue weighted by atomic mass is 16.4. The van der Waals surface area contributed by atoms with E-state index >= 15 is 0 Å². The van der Waals surface area contributed by atoms with Crippen LogP contribution in [-0.4, -0.2) is 22.2 Å². The van der Waals surface area contributed by atoms with Gasteiger partial charge in [-0.05, 0) is 36.2 Å². The molecule has 0 spiro atoms. The molecule has 1 fully saturated rings. The Kier molecular flexibility index (Phi) is 13.9. The zero-order chi connectivity index (χ0) is 22.2. The predicted molar refractivity (Wildman–Crippen MR) is 123 cm³/mol. The molecule has 2 rings (SSSR count). The third kappa shape index (κ3) is 11.4. The molecule has 1 aliphatic rings. The van der Waals surface area contributed by atoms with Crippen LogP contribution in [0.2, 0.25) is 0 Å². The van der Waals surface area contributed by atoms with Crippen molar-refractivity contribution in [2.75, 3.05) is 0 Å². The second-order valence-corrected chi connectivity index (χ2v) is 8.75. The van der Waals surface area contributed by atoms with Crippen molar-refractivity contribution in [3.63, 3.8) is 0 Å². The first-order valence-electron chi connectivity index (χ1n) is 12.0. The highest BCUT2D eigenvalue weighted by Crippen LogP contribution is 2.34. The van der Waals surface area contributed by atoms with Gasteiger partial charge in [0.2, 0.25) is 0 Å². The molecule has 0 heterocycles. The monoisotopic (exact) mass is 418 g/mol. The van der Waals surface area contributed by atoms with Crippen molar-refractivity contribution >= 4 is 11.9 Å². The summed E-state index contributed by atoms with van der Waals surface area (Å²) in [4.78, 5) is 21.6. The van der Waals surface area contributed by atoms with E-state index in [4.69, 9.17) is 10.2 Å². The van der Waals surface area contributed by atoms with Crippen LogP contribution in [0.1, 0.15) is 109 Å². The largest absolute Gasteiger partial charge is 0.481 e. The number of rotatable bonds is 12. The molecule has 0 aromatic heterocycles. The maximum Gasteiger partial charge on any atom is 0.303 e. The molecule has 1 saturated carbocycles. The summed E-state index contributed by atoms with van der Waals surface area (Å²) in [6.07, 6.45) is 13.8. The number of hydrogen-bond donors (Lipinski definition) is 2. The fourth-order valence-electron chi connectivity index (χ4n) is 4.57. The molecular formula is C26H42O4. The van der Waals surface area contributed by atoms with Gasteiger partial charge < -0.3 is 10.2 Å². The summed E-state index contributed by atoms with van der Waals surface area (Å²) in [6, 6.07) is 9.93. The number of carbonyl (C=O) groups is 2. The van der Waals surface area contributed by atoms with Gasteiger partial charge in [0.05, 0.1) is 6.42 Å². The van der Waals surface area contributed by atoms with Crippen molar-refractivity contribution in [2.45, 2.75) is 103 Å². The van der Waals surface area contributed by atoms with Crippen LogP contribution in [0.4, 0.5) is 0 Å². The maximum absolute atomic E-state index is 10.8. The van der Waals surface area contributed by atoms with Gasteiger partial charge >= 0.3 is 11.9 Å². The summed E-state index contributed by atoms with van der Waals surface area (Å²) in [7, 11) is 0. The Balaban J connectivity index is 0.000000300. The molecule has 1 aliphatic carbocycles. The van der Waals surface area contributed by atoms with Gasteiger partial charge in [-0.1, -0.05) is 102 Å². The molecule has 170 valence electrons. The summed E-state index contributed by atoms with van der Waals surface area (Å²) >= 11 is 0. The molecule has 0 radical (unpaired) electrons. The summed E-state index contributed by atoms with van der Waals surface area (Å²) in [5.41, 5.74) is 1.15.